The summed E-state index contributed by atoms with van der Waals surface area (Å²) in [5.41, 5.74) is 3.91. The van der Waals surface area contributed by atoms with Gasteiger partial charge in [0.05, 0.1) is 0 Å². The number of rotatable bonds is 4. The van der Waals surface area contributed by atoms with Gasteiger partial charge < -0.3 is 10.4 Å². The monoisotopic (exact) mass is 269 g/mol. The lowest BCUT2D eigenvalue weighted by molar-refractivity contribution is -0.119. The molecule has 3 nitrogen and oxygen atoms in total. The normalized spacial score (nSPS) is 11.9. The predicted octanol–water partition coefficient (Wildman–Crippen LogP) is 2.71. The lowest BCUT2D eigenvalue weighted by Crippen LogP contribution is -2.18. The molecule has 0 saturated heterocycles. The molecular weight excluding hydrogens is 250 g/mol. The van der Waals surface area contributed by atoms with E-state index in [1.807, 2.05) is 55.5 Å². The van der Waals surface area contributed by atoms with Gasteiger partial charge >= 0.3 is 0 Å². The van der Waals surface area contributed by atoms with Crippen molar-refractivity contribution in [1.82, 2.24) is 5.32 Å². The highest BCUT2D eigenvalue weighted by Gasteiger charge is 2.09. The van der Waals surface area contributed by atoms with E-state index in [0.29, 0.717) is 6.54 Å². The molecule has 0 saturated carbocycles. The molecule has 2 aromatic rings. The maximum absolute atomic E-state index is 10.9. The van der Waals surface area contributed by atoms with E-state index in [-0.39, 0.29) is 5.91 Å². The van der Waals surface area contributed by atoms with Crippen LogP contribution in [-0.4, -0.2) is 11.0 Å². The Hall–Kier alpha value is -2.13. The fraction of sp³-hybridized carbons (Fsp3) is 0.235. The van der Waals surface area contributed by atoms with Crippen molar-refractivity contribution in [2.75, 3.05) is 0 Å². The van der Waals surface area contributed by atoms with Gasteiger partial charge in [0.25, 0.3) is 0 Å². The molecule has 104 valence electrons. The molecule has 0 fully saturated rings. The van der Waals surface area contributed by atoms with Crippen LogP contribution in [0.25, 0.3) is 0 Å². The van der Waals surface area contributed by atoms with E-state index in [2.05, 4.69) is 5.32 Å². The Balaban J connectivity index is 2.09. The van der Waals surface area contributed by atoms with Crippen LogP contribution in [0.15, 0.2) is 48.5 Å². The Kier molecular flexibility index (Phi) is 4.53. The lowest BCUT2D eigenvalue weighted by Gasteiger charge is -2.12. The Morgan fingerprint density at radius 3 is 2.05 bits per heavy atom. The molecule has 2 aromatic carbocycles. The summed E-state index contributed by atoms with van der Waals surface area (Å²) in [7, 11) is 0. The number of carbonyl (C=O) groups excluding carboxylic acids is 1. The molecule has 3 heteroatoms. The molecule has 2 N–H and O–H groups in total. The van der Waals surface area contributed by atoms with Gasteiger partial charge in [0, 0.05) is 13.5 Å². The fourth-order valence-electron chi connectivity index (χ4n) is 1.99. The minimum absolute atomic E-state index is 0.0474. The molecule has 0 bridgehead atoms. The van der Waals surface area contributed by atoms with E-state index >= 15 is 0 Å². The van der Waals surface area contributed by atoms with E-state index in [9.17, 15) is 9.90 Å². The fourth-order valence-corrected chi connectivity index (χ4v) is 1.99. The minimum atomic E-state index is -0.620. The highest BCUT2D eigenvalue weighted by molar-refractivity contribution is 5.72. The molecule has 0 spiro atoms. The molecule has 0 heterocycles. The first-order valence-corrected chi connectivity index (χ1v) is 6.64. The molecular formula is C17H19NO2. The molecule has 20 heavy (non-hydrogen) atoms. The van der Waals surface area contributed by atoms with E-state index < -0.39 is 6.10 Å². The average molecular weight is 269 g/mol. The molecule has 1 atom stereocenters. The smallest absolute Gasteiger partial charge is 0.217 e. The van der Waals surface area contributed by atoms with Gasteiger partial charge in [-0.1, -0.05) is 54.1 Å². The summed E-state index contributed by atoms with van der Waals surface area (Å²) in [5, 5.41) is 13.1. The van der Waals surface area contributed by atoms with Crippen molar-refractivity contribution in [2.24, 2.45) is 0 Å². The predicted molar refractivity (Wildman–Crippen MR) is 79.2 cm³/mol. The lowest BCUT2D eigenvalue weighted by atomic mass is 9.99. The van der Waals surface area contributed by atoms with E-state index in [0.717, 1.165) is 16.7 Å². The molecule has 1 amide bonds. The first kappa shape index (κ1) is 14.3. The van der Waals surface area contributed by atoms with Gasteiger partial charge in [-0.15, -0.1) is 0 Å². The van der Waals surface area contributed by atoms with Crippen molar-refractivity contribution in [1.29, 1.82) is 0 Å². The largest absolute Gasteiger partial charge is 0.384 e. The minimum Gasteiger partial charge on any atom is -0.384 e. The molecule has 0 aliphatic carbocycles. The number of aliphatic hydroxyl groups is 1. The van der Waals surface area contributed by atoms with Crippen molar-refractivity contribution in [3.8, 4) is 0 Å². The summed E-state index contributed by atoms with van der Waals surface area (Å²) in [6.45, 7) is 4.03. The third-order valence-corrected chi connectivity index (χ3v) is 3.23. The average Bonchev–Trinajstić information content (AvgIpc) is 2.46. The molecule has 0 radical (unpaired) electrons. The number of nitrogens with one attached hydrogen (secondary N) is 1. The highest BCUT2D eigenvalue weighted by Crippen LogP contribution is 2.22. The van der Waals surface area contributed by atoms with Crippen molar-refractivity contribution in [3.63, 3.8) is 0 Å². The Bertz CT molecular complexity index is 573. The van der Waals surface area contributed by atoms with Gasteiger partial charge in [-0.25, -0.2) is 0 Å². The number of benzene rings is 2. The standard InChI is InChI=1S/C17H19NO2/c1-12-3-7-15(8-4-12)17(20)16-9-5-14(6-10-16)11-18-13(2)19/h3-10,17,20H,11H2,1-2H3,(H,18,19). The second-order valence-corrected chi connectivity index (χ2v) is 4.96. The summed E-state index contributed by atoms with van der Waals surface area (Å²) in [5.74, 6) is -0.0474. The summed E-state index contributed by atoms with van der Waals surface area (Å²) < 4.78 is 0. The van der Waals surface area contributed by atoms with Gasteiger partial charge in [-0.05, 0) is 23.6 Å². The van der Waals surface area contributed by atoms with Crippen LogP contribution < -0.4 is 5.32 Å². The molecule has 2 rings (SSSR count). The van der Waals surface area contributed by atoms with E-state index in [1.165, 1.54) is 12.5 Å². The third kappa shape index (κ3) is 3.68. The Morgan fingerprint density at radius 1 is 1.05 bits per heavy atom. The number of hydrogen-bond acceptors (Lipinski definition) is 2. The second-order valence-electron chi connectivity index (χ2n) is 4.96. The van der Waals surface area contributed by atoms with Crippen LogP contribution in [0.4, 0.5) is 0 Å². The second kappa shape index (κ2) is 6.35. The van der Waals surface area contributed by atoms with Gasteiger partial charge in [0.2, 0.25) is 5.91 Å². The van der Waals surface area contributed by atoms with Crippen LogP contribution in [0.5, 0.6) is 0 Å². The zero-order valence-corrected chi connectivity index (χ0v) is 11.8. The van der Waals surface area contributed by atoms with Gasteiger partial charge in [0.15, 0.2) is 0 Å². The van der Waals surface area contributed by atoms with Crippen LogP contribution in [-0.2, 0) is 11.3 Å². The molecule has 0 aromatic heterocycles. The summed E-state index contributed by atoms with van der Waals surface area (Å²) in [6.07, 6.45) is -0.620. The van der Waals surface area contributed by atoms with Crippen molar-refractivity contribution < 1.29 is 9.90 Å². The number of aryl methyl sites for hydroxylation is 1. The summed E-state index contributed by atoms with van der Waals surface area (Å²) >= 11 is 0. The molecule has 1 unspecified atom stereocenters. The van der Waals surface area contributed by atoms with Crippen molar-refractivity contribution in [2.45, 2.75) is 26.5 Å². The van der Waals surface area contributed by atoms with Crippen molar-refractivity contribution in [3.05, 3.63) is 70.8 Å². The summed E-state index contributed by atoms with van der Waals surface area (Å²) in [4.78, 5) is 10.9. The zero-order chi connectivity index (χ0) is 14.5. The van der Waals surface area contributed by atoms with Crippen molar-refractivity contribution >= 4 is 5.91 Å². The Morgan fingerprint density at radius 2 is 1.55 bits per heavy atom. The summed E-state index contributed by atoms with van der Waals surface area (Å²) in [6, 6.07) is 15.5. The van der Waals surface area contributed by atoms with Gasteiger partial charge in [-0.3, -0.25) is 4.79 Å². The van der Waals surface area contributed by atoms with E-state index in [4.69, 9.17) is 0 Å². The SMILES string of the molecule is CC(=O)NCc1ccc(C(O)c2ccc(C)cc2)cc1. The number of carbonyl (C=O) groups is 1. The maximum Gasteiger partial charge on any atom is 0.217 e. The Labute approximate surface area is 119 Å². The van der Waals surface area contributed by atoms with Crippen LogP contribution in [0.1, 0.15) is 35.3 Å². The molecule has 0 aliphatic heterocycles. The first-order chi connectivity index (χ1) is 9.56. The number of hydrogen-bond donors (Lipinski definition) is 2. The quantitative estimate of drug-likeness (QED) is 0.896. The third-order valence-electron chi connectivity index (χ3n) is 3.23. The van der Waals surface area contributed by atoms with Crippen LogP contribution in [0, 0.1) is 6.92 Å². The highest BCUT2D eigenvalue weighted by atomic mass is 16.3. The zero-order valence-electron chi connectivity index (χ0n) is 11.8. The van der Waals surface area contributed by atoms with Crippen LogP contribution in [0.3, 0.4) is 0 Å². The van der Waals surface area contributed by atoms with Crippen LogP contribution >= 0.6 is 0 Å². The topological polar surface area (TPSA) is 49.3 Å². The maximum atomic E-state index is 10.9. The number of amides is 1. The number of aliphatic hydroxyl groups excluding tert-OH is 1. The van der Waals surface area contributed by atoms with Gasteiger partial charge in [-0.2, -0.15) is 0 Å². The van der Waals surface area contributed by atoms with Crippen LogP contribution in [0.2, 0.25) is 0 Å². The van der Waals surface area contributed by atoms with Gasteiger partial charge in [0.1, 0.15) is 6.10 Å². The first-order valence-electron chi connectivity index (χ1n) is 6.64. The van der Waals surface area contributed by atoms with E-state index in [1.54, 1.807) is 0 Å². The molecule has 0 aliphatic rings.